The molecule has 0 aromatic heterocycles. The van der Waals surface area contributed by atoms with Crippen LogP contribution < -0.4 is 0 Å². The van der Waals surface area contributed by atoms with Gasteiger partial charge in [-0.2, -0.15) is 0 Å². The number of aryl methyl sites for hydroxylation is 5. The molecule has 1 heteroatoms. The van der Waals surface area contributed by atoms with Crippen LogP contribution in [0.1, 0.15) is 51.9 Å². The lowest BCUT2D eigenvalue weighted by Crippen LogP contribution is -1.98. The van der Waals surface area contributed by atoms with Gasteiger partial charge in [0.1, 0.15) is 0 Å². The molecular formula is C20H25N. The maximum atomic E-state index is 4.78. The van der Waals surface area contributed by atoms with E-state index in [4.69, 9.17) is 4.99 Å². The molecule has 2 aromatic carbocycles. The average molecular weight is 279 g/mol. The van der Waals surface area contributed by atoms with Gasteiger partial charge < -0.3 is 0 Å². The van der Waals surface area contributed by atoms with Crippen LogP contribution in [0.3, 0.4) is 0 Å². The van der Waals surface area contributed by atoms with Gasteiger partial charge in [-0.05, 0) is 69.4 Å². The smallest absolute Gasteiger partial charge is 0.0723 e. The summed E-state index contributed by atoms with van der Waals surface area (Å²) in [4.78, 5) is 4.78. The first-order chi connectivity index (χ1) is 9.88. The first-order valence-electron chi connectivity index (χ1n) is 7.56. The molecule has 0 saturated heterocycles. The van der Waals surface area contributed by atoms with E-state index in [0.29, 0.717) is 0 Å². The monoisotopic (exact) mass is 279 g/mol. The zero-order valence-corrected chi connectivity index (χ0v) is 14.0. The van der Waals surface area contributed by atoms with Crippen LogP contribution in [0.4, 0.5) is 0 Å². The molecule has 0 heterocycles. The van der Waals surface area contributed by atoms with E-state index in [2.05, 4.69) is 71.9 Å². The highest BCUT2D eigenvalue weighted by Gasteiger charge is 2.07. The van der Waals surface area contributed by atoms with Crippen molar-refractivity contribution in [3.63, 3.8) is 0 Å². The second kappa shape index (κ2) is 6.26. The molecule has 0 N–H and O–H groups in total. The summed E-state index contributed by atoms with van der Waals surface area (Å²) < 4.78 is 0. The van der Waals surface area contributed by atoms with E-state index in [1.807, 2.05) is 6.21 Å². The van der Waals surface area contributed by atoms with E-state index in [1.165, 1.54) is 38.9 Å². The van der Waals surface area contributed by atoms with Crippen molar-refractivity contribution in [1.82, 2.24) is 0 Å². The highest BCUT2D eigenvalue weighted by atomic mass is 14.8. The molecular weight excluding hydrogens is 254 g/mol. The minimum atomic E-state index is 0.186. The summed E-state index contributed by atoms with van der Waals surface area (Å²) in [6.07, 6.45) is 2.04. The molecule has 0 aliphatic rings. The minimum Gasteiger partial charge on any atom is -0.285 e. The van der Waals surface area contributed by atoms with E-state index >= 15 is 0 Å². The van der Waals surface area contributed by atoms with Crippen molar-refractivity contribution in [3.8, 4) is 0 Å². The Morgan fingerprint density at radius 2 is 1.38 bits per heavy atom. The normalized spacial score (nSPS) is 12.9. The fraction of sp³-hybridized carbons (Fsp3) is 0.350. The summed E-state index contributed by atoms with van der Waals surface area (Å²) in [5.74, 6) is 0. The van der Waals surface area contributed by atoms with Crippen LogP contribution in [-0.4, -0.2) is 6.21 Å². The number of aliphatic imine (C=N–C) groups is 1. The van der Waals surface area contributed by atoms with Crippen LogP contribution in [0.25, 0.3) is 0 Å². The second-order valence-corrected chi connectivity index (χ2v) is 6.13. The molecule has 0 aliphatic heterocycles. The third kappa shape index (κ3) is 3.60. The van der Waals surface area contributed by atoms with Gasteiger partial charge in [-0.15, -0.1) is 0 Å². The van der Waals surface area contributed by atoms with Crippen LogP contribution in [0, 0.1) is 34.6 Å². The van der Waals surface area contributed by atoms with Crippen LogP contribution in [0.2, 0.25) is 0 Å². The Morgan fingerprint density at radius 3 is 1.95 bits per heavy atom. The van der Waals surface area contributed by atoms with Crippen molar-refractivity contribution in [2.75, 3.05) is 0 Å². The van der Waals surface area contributed by atoms with Crippen molar-refractivity contribution >= 4 is 6.21 Å². The highest BCUT2D eigenvalue weighted by Crippen LogP contribution is 2.22. The maximum Gasteiger partial charge on any atom is 0.0723 e. The topological polar surface area (TPSA) is 12.4 Å². The van der Waals surface area contributed by atoms with Gasteiger partial charge in [0.15, 0.2) is 0 Å². The molecule has 110 valence electrons. The fourth-order valence-electron chi connectivity index (χ4n) is 2.96. The SMILES string of the molecule is Cc1ccc(C(C)/N=C\c2c(C)cc(C)cc2C)c(C)c1. The van der Waals surface area contributed by atoms with Crippen molar-refractivity contribution in [2.45, 2.75) is 47.6 Å². The zero-order valence-electron chi connectivity index (χ0n) is 14.0. The van der Waals surface area contributed by atoms with Gasteiger partial charge in [0.05, 0.1) is 6.04 Å². The lowest BCUT2D eigenvalue weighted by molar-refractivity contribution is 0.816. The summed E-state index contributed by atoms with van der Waals surface area (Å²) in [6.45, 7) is 12.9. The van der Waals surface area contributed by atoms with Gasteiger partial charge in [0.25, 0.3) is 0 Å². The van der Waals surface area contributed by atoms with E-state index in [1.54, 1.807) is 0 Å². The Labute approximate surface area is 128 Å². The van der Waals surface area contributed by atoms with Gasteiger partial charge in [0.2, 0.25) is 0 Å². The number of nitrogens with zero attached hydrogens (tertiary/aromatic N) is 1. The lowest BCUT2D eigenvalue weighted by Gasteiger charge is -2.12. The molecule has 0 bridgehead atoms. The van der Waals surface area contributed by atoms with Gasteiger partial charge in [-0.3, -0.25) is 4.99 Å². The highest BCUT2D eigenvalue weighted by molar-refractivity contribution is 5.84. The predicted molar refractivity (Wildman–Crippen MR) is 92.6 cm³/mol. The van der Waals surface area contributed by atoms with E-state index in [-0.39, 0.29) is 6.04 Å². The molecule has 21 heavy (non-hydrogen) atoms. The predicted octanol–water partition coefficient (Wildman–Crippen LogP) is 5.41. The second-order valence-electron chi connectivity index (χ2n) is 6.13. The van der Waals surface area contributed by atoms with Gasteiger partial charge in [-0.1, -0.05) is 41.5 Å². The Balaban J connectivity index is 2.29. The molecule has 0 amide bonds. The number of hydrogen-bond acceptors (Lipinski definition) is 1. The fourth-order valence-corrected chi connectivity index (χ4v) is 2.96. The molecule has 0 saturated carbocycles. The van der Waals surface area contributed by atoms with Crippen molar-refractivity contribution in [1.29, 1.82) is 0 Å². The molecule has 1 nitrogen and oxygen atoms in total. The number of hydrogen-bond donors (Lipinski definition) is 0. The van der Waals surface area contributed by atoms with Crippen LogP contribution in [0.5, 0.6) is 0 Å². The third-order valence-electron chi connectivity index (χ3n) is 4.04. The Morgan fingerprint density at radius 1 is 0.810 bits per heavy atom. The molecule has 1 unspecified atom stereocenters. The minimum absolute atomic E-state index is 0.186. The molecule has 1 atom stereocenters. The van der Waals surface area contributed by atoms with Gasteiger partial charge >= 0.3 is 0 Å². The first-order valence-corrected chi connectivity index (χ1v) is 7.56. The molecule has 0 aliphatic carbocycles. The molecule has 2 aromatic rings. The van der Waals surface area contributed by atoms with Gasteiger partial charge in [0, 0.05) is 6.21 Å². The standard InChI is InChI=1S/C20H25N/c1-13-7-8-19(15(3)9-13)18(6)21-12-20-16(4)10-14(2)11-17(20)5/h7-12,18H,1-6H3/b21-12-. The van der Waals surface area contributed by atoms with Crippen molar-refractivity contribution in [3.05, 3.63) is 69.3 Å². The van der Waals surface area contributed by atoms with Crippen LogP contribution in [-0.2, 0) is 0 Å². The summed E-state index contributed by atoms with van der Waals surface area (Å²) in [6, 6.07) is 11.2. The molecule has 0 spiro atoms. The number of rotatable bonds is 3. The molecule has 2 rings (SSSR count). The van der Waals surface area contributed by atoms with Gasteiger partial charge in [-0.25, -0.2) is 0 Å². The molecule has 0 radical (unpaired) electrons. The van der Waals surface area contributed by atoms with E-state index in [0.717, 1.165) is 0 Å². The quantitative estimate of drug-likeness (QED) is 0.666. The zero-order chi connectivity index (χ0) is 15.6. The summed E-state index contributed by atoms with van der Waals surface area (Å²) in [5, 5.41) is 0. The lowest BCUT2D eigenvalue weighted by atomic mass is 9.99. The van der Waals surface area contributed by atoms with Crippen LogP contribution in [0.15, 0.2) is 35.3 Å². The first kappa shape index (κ1) is 15.5. The van der Waals surface area contributed by atoms with E-state index in [9.17, 15) is 0 Å². The number of benzene rings is 2. The molecule has 0 fully saturated rings. The Kier molecular flexibility index (Phi) is 4.62. The third-order valence-corrected chi connectivity index (χ3v) is 4.04. The Hall–Kier alpha value is -1.89. The summed E-state index contributed by atoms with van der Waals surface area (Å²) >= 11 is 0. The largest absolute Gasteiger partial charge is 0.285 e. The summed E-state index contributed by atoms with van der Waals surface area (Å²) in [5.41, 5.74) is 9.07. The van der Waals surface area contributed by atoms with Crippen molar-refractivity contribution in [2.24, 2.45) is 4.99 Å². The Bertz CT molecular complexity index is 657. The van der Waals surface area contributed by atoms with E-state index < -0.39 is 0 Å². The van der Waals surface area contributed by atoms with Crippen molar-refractivity contribution < 1.29 is 0 Å². The summed E-state index contributed by atoms with van der Waals surface area (Å²) in [7, 11) is 0. The van der Waals surface area contributed by atoms with Crippen LogP contribution >= 0.6 is 0 Å². The maximum absolute atomic E-state index is 4.78. The average Bonchev–Trinajstić information content (AvgIpc) is 2.36.